The number of carbonyl (C=O) groups excluding carboxylic acids is 1. The molecule has 5 nitrogen and oxygen atoms in total. The Bertz CT molecular complexity index is 669. The quantitative estimate of drug-likeness (QED) is 0.781. The summed E-state index contributed by atoms with van der Waals surface area (Å²) in [5.74, 6) is 0.854. The van der Waals surface area contributed by atoms with Crippen LogP contribution in [0.3, 0.4) is 0 Å². The van der Waals surface area contributed by atoms with E-state index in [2.05, 4.69) is 10.6 Å². The van der Waals surface area contributed by atoms with Crippen LogP contribution in [0.25, 0.3) is 10.8 Å². The molecule has 0 aromatic heterocycles. The predicted molar refractivity (Wildman–Crippen MR) is 79.3 cm³/mol. The third-order valence-electron chi connectivity index (χ3n) is 3.69. The molecule has 20 heavy (non-hydrogen) atoms. The number of hydrogen-bond donors (Lipinski definition) is 3. The molecule has 5 heteroatoms. The normalized spacial score (nSPS) is 16.6. The van der Waals surface area contributed by atoms with Crippen molar-refractivity contribution in [2.75, 3.05) is 25.5 Å². The van der Waals surface area contributed by atoms with Crippen LogP contribution in [0.2, 0.25) is 0 Å². The first-order valence-corrected chi connectivity index (χ1v) is 6.63. The maximum Gasteiger partial charge on any atom is 0.412 e. The smallest absolute Gasteiger partial charge is 0.410 e. The van der Waals surface area contributed by atoms with Crippen LogP contribution in [0.15, 0.2) is 30.3 Å². The fraction of sp³-hybridized carbons (Fsp3) is 0.267. The molecular weight excluding hydrogens is 254 g/mol. The molecule has 3 rings (SSSR count). The van der Waals surface area contributed by atoms with Crippen LogP contribution < -0.4 is 21.1 Å². The van der Waals surface area contributed by atoms with Crippen molar-refractivity contribution in [3.63, 3.8) is 0 Å². The van der Waals surface area contributed by atoms with Crippen LogP contribution in [-0.4, -0.2) is 26.2 Å². The summed E-state index contributed by atoms with van der Waals surface area (Å²) in [6.45, 7) is 1.42. The summed E-state index contributed by atoms with van der Waals surface area (Å²) < 4.78 is 5.35. The van der Waals surface area contributed by atoms with E-state index in [1.807, 2.05) is 30.3 Å². The number of fused-ring (bicyclic) bond motifs is 3. The molecule has 1 aliphatic heterocycles. The summed E-state index contributed by atoms with van der Waals surface area (Å²) in [6.07, 6.45) is -0.469. The van der Waals surface area contributed by atoms with Crippen molar-refractivity contribution < 1.29 is 9.53 Å². The second-order valence-corrected chi connectivity index (χ2v) is 4.83. The Morgan fingerprint density at radius 1 is 1.45 bits per heavy atom. The van der Waals surface area contributed by atoms with E-state index < -0.39 is 6.09 Å². The van der Waals surface area contributed by atoms with Crippen LogP contribution in [0.4, 0.5) is 10.5 Å². The maximum atomic E-state index is 11.5. The molecule has 1 atom stereocenters. The van der Waals surface area contributed by atoms with Crippen molar-refractivity contribution in [2.45, 2.75) is 5.92 Å². The lowest BCUT2D eigenvalue weighted by Gasteiger charge is -2.14. The van der Waals surface area contributed by atoms with Crippen molar-refractivity contribution in [3.05, 3.63) is 35.9 Å². The summed E-state index contributed by atoms with van der Waals surface area (Å²) in [6, 6.07) is 9.80. The molecule has 2 aromatic rings. The number of benzene rings is 2. The van der Waals surface area contributed by atoms with Crippen LogP contribution in [0.5, 0.6) is 5.75 Å². The molecule has 0 radical (unpaired) electrons. The Morgan fingerprint density at radius 2 is 2.20 bits per heavy atom. The van der Waals surface area contributed by atoms with E-state index in [4.69, 9.17) is 10.5 Å². The third-order valence-corrected chi connectivity index (χ3v) is 3.69. The molecule has 104 valence electrons. The Balaban J connectivity index is 2.19. The van der Waals surface area contributed by atoms with E-state index >= 15 is 0 Å². The molecule has 0 bridgehead atoms. The minimum atomic E-state index is -0.469. The van der Waals surface area contributed by atoms with Gasteiger partial charge in [-0.05, 0) is 10.9 Å². The number of carbonyl (C=O) groups is 1. The standard InChI is InChI=1S/C15H17N3O2/c1-17-15(19)20-13-6-12-14(9(7-16)8-18-12)11-5-3-2-4-10(11)13/h2-6,9,18H,7-8,16H2,1H3,(H,17,19). The summed E-state index contributed by atoms with van der Waals surface area (Å²) in [5, 5.41) is 7.81. The van der Waals surface area contributed by atoms with Crippen LogP contribution in [-0.2, 0) is 0 Å². The van der Waals surface area contributed by atoms with Gasteiger partial charge in [0.25, 0.3) is 0 Å². The van der Waals surface area contributed by atoms with Crippen molar-refractivity contribution in [1.29, 1.82) is 0 Å². The minimum Gasteiger partial charge on any atom is -0.410 e. The number of rotatable bonds is 2. The fourth-order valence-corrected chi connectivity index (χ4v) is 2.72. The molecule has 0 saturated carbocycles. The van der Waals surface area contributed by atoms with Crippen LogP contribution in [0.1, 0.15) is 11.5 Å². The van der Waals surface area contributed by atoms with Gasteiger partial charge in [-0.15, -0.1) is 0 Å². The molecule has 0 fully saturated rings. The number of amides is 1. The molecule has 1 aliphatic rings. The molecule has 1 amide bonds. The first kappa shape index (κ1) is 12.7. The zero-order valence-corrected chi connectivity index (χ0v) is 11.3. The van der Waals surface area contributed by atoms with Crippen LogP contribution >= 0.6 is 0 Å². The van der Waals surface area contributed by atoms with Gasteiger partial charge in [0.05, 0.1) is 0 Å². The van der Waals surface area contributed by atoms with Gasteiger partial charge in [0, 0.05) is 43.2 Å². The van der Waals surface area contributed by atoms with Gasteiger partial charge in [-0.3, -0.25) is 0 Å². The lowest BCUT2D eigenvalue weighted by Crippen LogP contribution is -2.22. The molecule has 0 saturated heterocycles. The highest BCUT2D eigenvalue weighted by Gasteiger charge is 2.25. The molecule has 0 aliphatic carbocycles. The molecular formula is C15H17N3O2. The first-order chi connectivity index (χ1) is 9.74. The van der Waals surface area contributed by atoms with Gasteiger partial charge in [-0.2, -0.15) is 0 Å². The summed E-state index contributed by atoms with van der Waals surface area (Å²) >= 11 is 0. The highest BCUT2D eigenvalue weighted by Crippen LogP contribution is 2.41. The highest BCUT2D eigenvalue weighted by atomic mass is 16.6. The zero-order chi connectivity index (χ0) is 14.1. The summed E-state index contributed by atoms with van der Waals surface area (Å²) in [7, 11) is 1.54. The number of hydrogen-bond acceptors (Lipinski definition) is 4. The topological polar surface area (TPSA) is 76.4 Å². The largest absolute Gasteiger partial charge is 0.412 e. The second kappa shape index (κ2) is 5.02. The Labute approximate surface area is 117 Å². The Kier molecular flexibility index (Phi) is 3.20. The fourth-order valence-electron chi connectivity index (χ4n) is 2.72. The zero-order valence-electron chi connectivity index (χ0n) is 11.3. The molecule has 1 unspecified atom stereocenters. The van der Waals surface area contributed by atoms with Crippen molar-refractivity contribution in [2.24, 2.45) is 5.73 Å². The molecule has 4 N–H and O–H groups in total. The van der Waals surface area contributed by atoms with E-state index in [1.54, 1.807) is 7.05 Å². The first-order valence-electron chi connectivity index (χ1n) is 6.63. The Morgan fingerprint density at radius 3 is 2.90 bits per heavy atom. The van der Waals surface area contributed by atoms with Gasteiger partial charge in [-0.1, -0.05) is 24.3 Å². The van der Waals surface area contributed by atoms with E-state index in [-0.39, 0.29) is 0 Å². The van der Waals surface area contributed by atoms with Gasteiger partial charge < -0.3 is 21.1 Å². The number of nitrogens with one attached hydrogen (secondary N) is 2. The minimum absolute atomic E-state index is 0.295. The number of anilines is 1. The predicted octanol–water partition coefficient (Wildman–Crippen LogP) is 2.03. The van der Waals surface area contributed by atoms with Gasteiger partial charge in [0.1, 0.15) is 5.75 Å². The number of nitrogens with two attached hydrogens (primary N) is 1. The average Bonchev–Trinajstić information content (AvgIpc) is 2.90. The third kappa shape index (κ3) is 1.96. The lowest BCUT2D eigenvalue weighted by atomic mass is 9.94. The summed E-state index contributed by atoms with van der Waals surface area (Å²) in [4.78, 5) is 11.5. The SMILES string of the molecule is CNC(=O)Oc1cc2c(c3ccccc13)C(CN)CN2. The number of ether oxygens (including phenoxy) is 1. The highest BCUT2D eigenvalue weighted by molar-refractivity contribution is 5.97. The molecule has 1 heterocycles. The van der Waals surface area contributed by atoms with Gasteiger partial charge in [0.15, 0.2) is 0 Å². The van der Waals surface area contributed by atoms with E-state index in [9.17, 15) is 4.79 Å². The summed E-state index contributed by atoms with van der Waals surface area (Å²) in [5.41, 5.74) is 8.06. The monoisotopic (exact) mass is 271 g/mol. The van der Waals surface area contributed by atoms with Gasteiger partial charge >= 0.3 is 6.09 Å². The molecule has 0 spiro atoms. The van der Waals surface area contributed by atoms with Crippen molar-refractivity contribution in [1.82, 2.24) is 5.32 Å². The van der Waals surface area contributed by atoms with E-state index in [0.29, 0.717) is 18.2 Å². The second-order valence-electron chi connectivity index (χ2n) is 4.83. The van der Waals surface area contributed by atoms with Gasteiger partial charge in [0.2, 0.25) is 0 Å². The Hall–Kier alpha value is -2.27. The van der Waals surface area contributed by atoms with Crippen LogP contribution in [0, 0.1) is 0 Å². The average molecular weight is 271 g/mol. The van der Waals surface area contributed by atoms with Gasteiger partial charge in [-0.25, -0.2) is 4.79 Å². The molecule has 2 aromatic carbocycles. The van der Waals surface area contributed by atoms with Crippen molar-refractivity contribution >= 4 is 22.6 Å². The maximum absolute atomic E-state index is 11.5. The van der Waals surface area contributed by atoms with Crippen molar-refractivity contribution in [3.8, 4) is 5.75 Å². The van der Waals surface area contributed by atoms with E-state index in [0.717, 1.165) is 23.0 Å². The lowest BCUT2D eigenvalue weighted by molar-refractivity contribution is 0.203. The van der Waals surface area contributed by atoms with E-state index in [1.165, 1.54) is 5.56 Å².